The third-order valence-corrected chi connectivity index (χ3v) is 5.78. The van der Waals surface area contributed by atoms with Gasteiger partial charge in [-0.15, -0.1) is 0 Å². The Bertz CT molecular complexity index is 699. The molecule has 23 heavy (non-hydrogen) atoms. The van der Waals surface area contributed by atoms with Gasteiger partial charge < -0.3 is 5.32 Å². The predicted molar refractivity (Wildman–Crippen MR) is 85.8 cm³/mol. The number of nitrogens with zero attached hydrogens (tertiary/aromatic N) is 1. The Labute approximate surface area is 136 Å². The van der Waals surface area contributed by atoms with Crippen LogP contribution in [0.25, 0.3) is 0 Å². The molecule has 0 saturated heterocycles. The first kappa shape index (κ1) is 17.6. The number of nitrogens with one attached hydrogen (secondary N) is 1. The third kappa shape index (κ3) is 4.17. The summed E-state index contributed by atoms with van der Waals surface area (Å²) in [5.74, 6) is -0.621. The molecule has 126 valence electrons. The van der Waals surface area contributed by atoms with Crippen LogP contribution in [0.15, 0.2) is 40.8 Å². The van der Waals surface area contributed by atoms with E-state index in [0.717, 1.165) is 18.6 Å². The lowest BCUT2D eigenvalue weighted by Crippen LogP contribution is -2.39. The Morgan fingerprint density at radius 3 is 2.52 bits per heavy atom. The summed E-state index contributed by atoms with van der Waals surface area (Å²) < 4.78 is 39.2. The van der Waals surface area contributed by atoms with Gasteiger partial charge in [-0.25, -0.2) is 12.8 Å². The SMILES string of the molecule is CC[C@@H](C)NC(=O)C1=CCN(S(=O)(=O)c2ccc(F)cc2)CC1. The van der Waals surface area contributed by atoms with Gasteiger partial charge in [-0.2, -0.15) is 4.31 Å². The van der Waals surface area contributed by atoms with Crippen molar-refractivity contribution in [1.82, 2.24) is 9.62 Å². The number of carbonyl (C=O) groups excluding carboxylic acids is 1. The van der Waals surface area contributed by atoms with Crippen molar-refractivity contribution in [3.05, 3.63) is 41.7 Å². The highest BCUT2D eigenvalue weighted by molar-refractivity contribution is 7.89. The van der Waals surface area contributed by atoms with Crippen LogP contribution in [-0.2, 0) is 14.8 Å². The number of halogens is 1. The number of sulfonamides is 1. The van der Waals surface area contributed by atoms with Crippen molar-refractivity contribution < 1.29 is 17.6 Å². The fourth-order valence-corrected chi connectivity index (χ4v) is 3.63. The van der Waals surface area contributed by atoms with Crippen LogP contribution in [0.3, 0.4) is 0 Å². The molecule has 5 nitrogen and oxygen atoms in total. The van der Waals surface area contributed by atoms with Crippen LogP contribution in [-0.4, -0.2) is 37.8 Å². The molecule has 1 aliphatic heterocycles. The number of rotatable bonds is 5. The van der Waals surface area contributed by atoms with Crippen LogP contribution in [0.4, 0.5) is 4.39 Å². The number of amides is 1. The van der Waals surface area contributed by atoms with E-state index in [1.54, 1.807) is 6.08 Å². The van der Waals surface area contributed by atoms with E-state index in [1.165, 1.54) is 16.4 Å². The Kier molecular flexibility index (Phi) is 5.54. The van der Waals surface area contributed by atoms with Crippen molar-refractivity contribution >= 4 is 15.9 Å². The largest absolute Gasteiger partial charge is 0.350 e. The summed E-state index contributed by atoms with van der Waals surface area (Å²) >= 11 is 0. The van der Waals surface area contributed by atoms with Crippen molar-refractivity contribution in [2.45, 2.75) is 37.6 Å². The molecular weight excluding hydrogens is 319 g/mol. The van der Waals surface area contributed by atoms with Crippen molar-refractivity contribution in [2.75, 3.05) is 13.1 Å². The molecule has 1 atom stereocenters. The summed E-state index contributed by atoms with van der Waals surface area (Å²) in [6.07, 6.45) is 2.84. The van der Waals surface area contributed by atoms with Crippen molar-refractivity contribution in [3.63, 3.8) is 0 Å². The molecule has 0 spiro atoms. The average Bonchev–Trinajstić information content (AvgIpc) is 2.55. The molecule has 0 fully saturated rings. The fraction of sp³-hybridized carbons (Fsp3) is 0.438. The summed E-state index contributed by atoms with van der Waals surface area (Å²) in [4.78, 5) is 12.1. The van der Waals surface area contributed by atoms with Gasteiger partial charge in [-0.05, 0) is 44.0 Å². The first-order chi connectivity index (χ1) is 10.8. The monoisotopic (exact) mass is 340 g/mol. The van der Waals surface area contributed by atoms with E-state index in [9.17, 15) is 17.6 Å². The van der Waals surface area contributed by atoms with Gasteiger partial charge in [0.1, 0.15) is 5.82 Å². The Balaban J connectivity index is 2.08. The number of benzene rings is 1. The first-order valence-electron chi connectivity index (χ1n) is 7.60. The minimum Gasteiger partial charge on any atom is -0.350 e. The second-order valence-corrected chi connectivity index (χ2v) is 7.52. The van der Waals surface area contributed by atoms with Crippen LogP contribution in [0.5, 0.6) is 0 Å². The fourth-order valence-electron chi connectivity index (χ4n) is 2.25. The molecule has 1 amide bonds. The van der Waals surface area contributed by atoms with E-state index in [0.29, 0.717) is 12.0 Å². The summed E-state index contributed by atoms with van der Waals surface area (Å²) in [6, 6.07) is 4.83. The van der Waals surface area contributed by atoms with Crippen LogP contribution in [0.1, 0.15) is 26.7 Å². The zero-order valence-corrected chi connectivity index (χ0v) is 14.1. The molecule has 0 saturated carbocycles. The Hall–Kier alpha value is -1.73. The lowest BCUT2D eigenvalue weighted by atomic mass is 10.1. The maximum absolute atomic E-state index is 12.9. The number of hydrogen-bond acceptors (Lipinski definition) is 3. The minimum absolute atomic E-state index is 0.0554. The van der Waals surface area contributed by atoms with E-state index < -0.39 is 15.8 Å². The first-order valence-corrected chi connectivity index (χ1v) is 9.04. The second kappa shape index (κ2) is 7.23. The molecule has 1 N–H and O–H groups in total. The molecule has 1 heterocycles. The van der Waals surface area contributed by atoms with Gasteiger partial charge in [0.05, 0.1) is 4.90 Å². The molecule has 0 bridgehead atoms. The molecule has 1 aromatic carbocycles. The molecule has 7 heteroatoms. The second-order valence-electron chi connectivity index (χ2n) is 5.58. The Morgan fingerprint density at radius 1 is 1.35 bits per heavy atom. The van der Waals surface area contributed by atoms with E-state index in [2.05, 4.69) is 5.32 Å². The zero-order valence-electron chi connectivity index (χ0n) is 13.3. The number of carbonyl (C=O) groups is 1. The molecule has 0 unspecified atom stereocenters. The third-order valence-electron chi connectivity index (χ3n) is 3.90. The van der Waals surface area contributed by atoms with E-state index in [4.69, 9.17) is 0 Å². The highest BCUT2D eigenvalue weighted by Crippen LogP contribution is 2.21. The maximum Gasteiger partial charge on any atom is 0.247 e. The Morgan fingerprint density at radius 2 is 2.00 bits per heavy atom. The summed E-state index contributed by atoms with van der Waals surface area (Å²) in [7, 11) is -3.67. The van der Waals surface area contributed by atoms with E-state index in [-0.39, 0.29) is 29.9 Å². The molecule has 2 rings (SSSR count). The molecular formula is C16H21FN2O3S. The van der Waals surface area contributed by atoms with Crippen molar-refractivity contribution in [2.24, 2.45) is 0 Å². The van der Waals surface area contributed by atoms with Gasteiger partial charge in [0, 0.05) is 24.7 Å². The summed E-state index contributed by atoms with van der Waals surface area (Å²) in [5.41, 5.74) is 0.607. The molecule has 0 aromatic heterocycles. The summed E-state index contributed by atoms with van der Waals surface area (Å²) in [6.45, 7) is 4.28. The molecule has 1 aromatic rings. The quantitative estimate of drug-likeness (QED) is 0.892. The maximum atomic E-state index is 12.9. The lowest BCUT2D eigenvalue weighted by Gasteiger charge is -2.26. The molecule has 1 aliphatic rings. The topological polar surface area (TPSA) is 66.5 Å². The lowest BCUT2D eigenvalue weighted by molar-refractivity contribution is -0.118. The zero-order chi connectivity index (χ0) is 17.0. The predicted octanol–water partition coefficient (Wildman–Crippen LogP) is 2.06. The van der Waals surface area contributed by atoms with Crippen molar-refractivity contribution in [1.29, 1.82) is 0 Å². The highest BCUT2D eigenvalue weighted by Gasteiger charge is 2.27. The average molecular weight is 340 g/mol. The van der Waals surface area contributed by atoms with Crippen molar-refractivity contribution in [3.8, 4) is 0 Å². The van der Waals surface area contributed by atoms with Gasteiger partial charge in [0.25, 0.3) is 0 Å². The van der Waals surface area contributed by atoms with Gasteiger partial charge in [0.15, 0.2) is 0 Å². The van der Waals surface area contributed by atoms with Crippen LogP contribution in [0.2, 0.25) is 0 Å². The normalized spacial score (nSPS) is 17.4. The minimum atomic E-state index is -3.67. The van der Waals surface area contributed by atoms with Gasteiger partial charge in [0.2, 0.25) is 15.9 Å². The van der Waals surface area contributed by atoms with Crippen LogP contribution in [0, 0.1) is 5.82 Å². The highest BCUT2D eigenvalue weighted by atomic mass is 32.2. The van der Waals surface area contributed by atoms with Gasteiger partial charge in [-0.3, -0.25) is 4.79 Å². The molecule has 0 radical (unpaired) electrons. The van der Waals surface area contributed by atoms with E-state index in [1.807, 2.05) is 13.8 Å². The van der Waals surface area contributed by atoms with Crippen LogP contribution >= 0.6 is 0 Å². The van der Waals surface area contributed by atoms with Gasteiger partial charge in [-0.1, -0.05) is 13.0 Å². The molecule has 0 aliphatic carbocycles. The van der Waals surface area contributed by atoms with Crippen LogP contribution < -0.4 is 5.32 Å². The van der Waals surface area contributed by atoms with E-state index >= 15 is 0 Å². The summed E-state index contributed by atoms with van der Waals surface area (Å²) in [5, 5.41) is 2.87. The smallest absolute Gasteiger partial charge is 0.247 e. The standard InChI is InChI=1S/C16H21FN2O3S/c1-3-12(2)18-16(20)13-8-10-19(11-9-13)23(21,22)15-6-4-14(17)5-7-15/h4-8,12H,3,9-11H2,1-2H3,(H,18,20)/t12-/m1/s1. The van der Waals surface area contributed by atoms with Gasteiger partial charge >= 0.3 is 0 Å². The number of hydrogen-bond donors (Lipinski definition) is 1.